The third-order valence-electron chi connectivity index (χ3n) is 4.42. The van der Waals surface area contributed by atoms with E-state index in [-0.39, 0.29) is 11.9 Å². The highest BCUT2D eigenvalue weighted by Crippen LogP contribution is 2.19. The summed E-state index contributed by atoms with van der Waals surface area (Å²) in [6, 6.07) is 17.8. The first-order valence-electron chi connectivity index (χ1n) is 9.39. The third-order valence-corrected chi connectivity index (χ3v) is 4.42. The van der Waals surface area contributed by atoms with Gasteiger partial charge in [0.25, 0.3) is 0 Å². The van der Waals surface area contributed by atoms with Gasteiger partial charge in [0.1, 0.15) is 0 Å². The van der Waals surface area contributed by atoms with Crippen molar-refractivity contribution in [1.82, 2.24) is 20.4 Å². The number of amides is 1. The molecular formula is C22H26N4O2. The van der Waals surface area contributed by atoms with Gasteiger partial charge in [-0.25, -0.2) is 0 Å². The summed E-state index contributed by atoms with van der Waals surface area (Å²) >= 11 is 0. The lowest BCUT2D eigenvalue weighted by Gasteiger charge is -2.22. The van der Waals surface area contributed by atoms with Crippen LogP contribution in [0.1, 0.15) is 29.5 Å². The third kappa shape index (κ3) is 5.50. The molecule has 0 aliphatic carbocycles. The van der Waals surface area contributed by atoms with Crippen molar-refractivity contribution >= 4 is 5.91 Å². The van der Waals surface area contributed by atoms with Crippen LogP contribution in [0.15, 0.2) is 59.0 Å². The standard InChI is InChI=1S/C22H26N4O2/c1-16-9-11-18(12-10-16)22-25-24-21(28-22)14-13-20(27)23-19(15-26(2)3)17-7-5-4-6-8-17/h4-12,19H,13-15H2,1-3H3,(H,23,27)/t19-/m1/s1. The Kier molecular flexibility index (Phi) is 6.55. The van der Waals surface area contributed by atoms with E-state index in [4.69, 9.17) is 4.42 Å². The summed E-state index contributed by atoms with van der Waals surface area (Å²) in [5.74, 6) is 0.908. The van der Waals surface area contributed by atoms with Crippen LogP contribution in [0, 0.1) is 6.92 Å². The molecule has 0 saturated heterocycles. The maximum Gasteiger partial charge on any atom is 0.247 e. The van der Waals surface area contributed by atoms with E-state index in [2.05, 4.69) is 20.4 Å². The first-order chi connectivity index (χ1) is 13.5. The van der Waals surface area contributed by atoms with Gasteiger partial charge in [0.15, 0.2) is 0 Å². The van der Waals surface area contributed by atoms with Gasteiger partial charge >= 0.3 is 0 Å². The van der Waals surface area contributed by atoms with Gasteiger partial charge in [0, 0.05) is 24.9 Å². The minimum atomic E-state index is -0.0606. The van der Waals surface area contributed by atoms with E-state index in [1.165, 1.54) is 5.56 Å². The molecule has 1 atom stereocenters. The van der Waals surface area contributed by atoms with E-state index in [1.807, 2.05) is 75.6 Å². The Morgan fingerprint density at radius 3 is 2.46 bits per heavy atom. The monoisotopic (exact) mass is 378 g/mol. The fraction of sp³-hybridized carbons (Fsp3) is 0.318. The van der Waals surface area contributed by atoms with Crippen molar-refractivity contribution in [3.8, 4) is 11.5 Å². The molecule has 1 aromatic heterocycles. The van der Waals surface area contributed by atoms with Gasteiger partial charge in [-0.15, -0.1) is 10.2 Å². The quantitative estimate of drug-likeness (QED) is 0.650. The minimum Gasteiger partial charge on any atom is -0.421 e. The maximum atomic E-state index is 12.5. The minimum absolute atomic E-state index is 0.0363. The van der Waals surface area contributed by atoms with Crippen LogP contribution in [-0.2, 0) is 11.2 Å². The molecule has 0 unspecified atom stereocenters. The van der Waals surface area contributed by atoms with E-state index in [0.717, 1.165) is 17.7 Å². The zero-order chi connectivity index (χ0) is 19.9. The molecule has 0 fully saturated rings. The van der Waals surface area contributed by atoms with Gasteiger partial charge in [-0.2, -0.15) is 0 Å². The van der Waals surface area contributed by atoms with Crippen molar-refractivity contribution in [2.24, 2.45) is 0 Å². The summed E-state index contributed by atoms with van der Waals surface area (Å²) in [5, 5.41) is 11.3. The van der Waals surface area contributed by atoms with Gasteiger partial charge in [-0.1, -0.05) is 48.0 Å². The smallest absolute Gasteiger partial charge is 0.247 e. The second-order valence-corrected chi connectivity index (χ2v) is 7.16. The fourth-order valence-electron chi connectivity index (χ4n) is 2.94. The topological polar surface area (TPSA) is 71.3 Å². The van der Waals surface area contributed by atoms with Gasteiger partial charge in [0.05, 0.1) is 6.04 Å². The zero-order valence-corrected chi connectivity index (χ0v) is 16.6. The number of aryl methyl sites for hydroxylation is 2. The number of hydrogen-bond acceptors (Lipinski definition) is 5. The zero-order valence-electron chi connectivity index (χ0n) is 16.6. The molecule has 0 radical (unpaired) electrons. The van der Waals surface area contributed by atoms with E-state index in [0.29, 0.717) is 24.6 Å². The van der Waals surface area contributed by atoms with Crippen LogP contribution in [0.3, 0.4) is 0 Å². The second-order valence-electron chi connectivity index (χ2n) is 7.16. The first kappa shape index (κ1) is 19.8. The molecule has 0 aliphatic rings. The Balaban J connectivity index is 1.58. The van der Waals surface area contributed by atoms with Gasteiger partial charge < -0.3 is 14.6 Å². The highest BCUT2D eigenvalue weighted by molar-refractivity contribution is 5.76. The van der Waals surface area contributed by atoms with Crippen LogP contribution in [0.5, 0.6) is 0 Å². The Hall–Kier alpha value is -2.99. The van der Waals surface area contributed by atoms with Crippen LogP contribution in [-0.4, -0.2) is 41.6 Å². The summed E-state index contributed by atoms with van der Waals surface area (Å²) in [6.45, 7) is 2.76. The molecular weight excluding hydrogens is 352 g/mol. The summed E-state index contributed by atoms with van der Waals surface area (Å²) in [4.78, 5) is 14.5. The van der Waals surface area contributed by atoms with Crippen LogP contribution in [0.4, 0.5) is 0 Å². The molecule has 0 bridgehead atoms. The predicted octanol–water partition coefficient (Wildman–Crippen LogP) is 3.40. The number of rotatable bonds is 8. The second kappa shape index (κ2) is 9.28. The summed E-state index contributed by atoms with van der Waals surface area (Å²) < 4.78 is 5.70. The van der Waals surface area contributed by atoms with Crippen LogP contribution >= 0.6 is 0 Å². The first-order valence-corrected chi connectivity index (χ1v) is 9.39. The van der Waals surface area contributed by atoms with E-state index in [1.54, 1.807) is 0 Å². The number of aromatic nitrogens is 2. The highest BCUT2D eigenvalue weighted by Gasteiger charge is 2.16. The number of carbonyl (C=O) groups is 1. The van der Waals surface area contributed by atoms with Crippen molar-refractivity contribution in [1.29, 1.82) is 0 Å². The number of nitrogens with zero attached hydrogens (tertiary/aromatic N) is 3. The summed E-state index contributed by atoms with van der Waals surface area (Å²) in [5.41, 5.74) is 3.14. The van der Waals surface area contributed by atoms with Crippen LogP contribution in [0.25, 0.3) is 11.5 Å². The SMILES string of the molecule is Cc1ccc(-c2nnc(CCC(=O)N[C@H](CN(C)C)c3ccccc3)o2)cc1. The molecule has 6 heteroatoms. The Morgan fingerprint density at radius 1 is 1.07 bits per heavy atom. The molecule has 2 aromatic carbocycles. The molecule has 28 heavy (non-hydrogen) atoms. The molecule has 6 nitrogen and oxygen atoms in total. The number of likely N-dealkylation sites (N-methyl/N-ethyl adjacent to an activating group) is 1. The Bertz CT molecular complexity index is 888. The predicted molar refractivity (Wildman–Crippen MR) is 109 cm³/mol. The molecule has 3 aromatic rings. The van der Waals surface area contributed by atoms with Crippen molar-refractivity contribution in [3.63, 3.8) is 0 Å². The van der Waals surface area contributed by atoms with Crippen molar-refractivity contribution in [3.05, 3.63) is 71.6 Å². The summed E-state index contributed by atoms with van der Waals surface area (Å²) in [7, 11) is 3.99. The lowest BCUT2D eigenvalue weighted by Crippen LogP contribution is -2.35. The molecule has 0 aliphatic heterocycles. The van der Waals surface area contributed by atoms with Crippen molar-refractivity contribution in [2.75, 3.05) is 20.6 Å². The van der Waals surface area contributed by atoms with Gasteiger partial charge in [-0.05, 0) is 38.7 Å². The average molecular weight is 378 g/mol. The summed E-state index contributed by atoms with van der Waals surface area (Å²) in [6.07, 6.45) is 0.709. The molecule has 1 heterocycles. The molecule has 3 rings (SSSR count). The van der Waals surface area contributed by atoms with E-state index >= 15 is 0 Å². The van der Waals surface area contributed by atoms with Crippen molar-refractivity contribution in [2.45, 2.75) is 25.8 Å². The lowest BCUT2D eigenvalue weighted by atomic mass is 10.1. The number of hydrogen-bond donors (Lipinski definition) is 1. The largest absolute Gasteiger partial charge is 0.421 e. The average Bonchev–Trinajstić information content (AvgIpc) is 3.16. The lowest BCUT2D eigenvalue weighted by molar-refractivity contribution is -0.122. The Morgan fingerprint density at radius 2 is 1.79 bits per heavy atom. The van der Waals surface area contributed by atoms with Crippen LogP contribution in [0.2, 0.25) is 0 Å². The molecule has 1 N–H and O–H groups in total. The molecule has 0 spiro atoms. The van der Waals surface area contributed by atoms with E-state index in [9.17, 15) is 4.79 Å². The van der Waals surface area contributed by atoms with Gasteiger partial charge in [-0.3, -0.25) is 4.79 Å². The van der Waals surface area contributed by atoms with Gasteiger partial charge in [0.2, 0.25) is 17.7 Å². The van der Waals surface area contributed by atoms with E-state index < -0.39 is 0 Å². The normalized spacial score (nSPS) is 12.1. The number of carbonyl (C=O) groups excluding carboxylic acids is 1. The maximum absolute atomic E-state index is 12.5. The molecule has 1 amide bonds. The molecule has 146 valence electrons. The van der Waals surface area contributed by atoms with Crippen molar-refractivity contribution < 1.29 is 9.21 Å². The fourth-order valence-corrected chi connectivity index (χ4v) is 2.94. The molecule has 0 saturated carbocycles. The Labute approximate surface area is 165 Å². The number of nitrogens with one attached hydrogen (secondary N) is 1. The number of benzene rings is 2. The highest BCUT2D eigenvalue weighted by atomic mass is 16.4. The van der Waals surface area contributed by atoms with Crippen LogP contribution < -0.4 is 5.32 Å².